The number of rotatable bonds is 8. The van der Waals surface area contributed by atoms with E-state index < -0.39 is 5.97 Å². The molecule has 5 nitrogen and oxygen atoms in total. The molecule has 2 rings (SSSR count). The van der Waals surface area contributed by atoms with Gasteiger partial charge in [-0.05, 0) is 23.8 Å². The molecule has 0 atom stereocenters. The fraction of sp³-hybridized carbons (Fsp3) is 0.263. The number of esters is 1. The molecule has 1 amide bonds. The number of likely N-dealkylation sites (N-methyl/N-ethyl adjacent to an activating group) is 1. The lowest BCUT2D eigenvalue weighted by molar-refractivity contribution is -0.152. The van der Waals surface area contributed by atoms with E-state index in [1.54, 1.807) is 7.05 Å². The number of hydrogen-bond donors (Lipinski definition) is 0. The van der Waals surface area contributed by atoms with E-state index >= 15 is 0 Å². The van der Waals surface area contributed by atoms with Crippen molar-refractivity contribution in [2.45, 2.75) is 13.0 Å². The maximum absolute atomic E-state index is 12.1. The number of amides is 1. The molecular formula is C19H20BrNO4. The third kappa shape index (κ3) is 6.58. The molecule has 0 aromatic heterocycles. The molecule has 0 bridgehead atoms. The average Bonchev–Trinajstić information content (AvgIpc) is 2.62. The molecule has 0 fully saturated rings. The largest absolute Gasteiger partial charge is 0.493 e. The number of halogens is 1. The van der Waals surface area contributed by atoms with Gasteiger partial charge >= 0.3 is 5.97 Å². The summed E-state index contributed by atoms with van der Waals surface area (Å²) in [6.45, 7) is 0.379. The molecule has 0 saturated heterocycles. The van der Waals surface area contributed by atoms with Gasteiger partial charge in [-0.1, -0.05) is 52.3 Å². The number of carbonyl (C=O) groups is 2. The van der Waals surface area contributed by atoms with Crippen molar-refractivity contribution >= 4 is 27.8 Å². The molecule has 2 aromatic carbocycles. The first-order valence-corrected chi connectivity index (χ1v) is 8.66. The Bertz CT molecular complexity index is 706. The molecule has 0 saturated carbocycles. The fourth-order valence-electron chi connectivity index (χ4n) is 2.06. The highest BCUT2D eigenvalue weighted by Crippen LogP contribution is 2.17. The predicted molar refractivity (Wildman–Crippen MR) is 98.1 cm³/mol. The van der Waals surface area contributed by atoms with Crippen LogP contribution in [0.3, 0.4) is 0 Å². The van der Waals surface area contributed by atoms with Gasteiger partial charge in [-0.3, -0.25) is 9.59 Å². The SMILES string of the molecule is CN(Cc1ccccc1Br)C(=O)COC(=O)CCOc1ccccc1. The lowest BCUT2D eigenvalue weighted by atomic mass is 10.2. The molecule has 0 N–H and O–H groups in total. The number of hydrogen-bond acceptors (Lipinski definition) is 4. The zero-order valence-electron chi connectivity index (χ0n) is 14.0. The van der Waals surface area contributed by atoms with Crippen molar-refractivity contribution in [1.82, 2.24) is 4.90 Å². The molecule has 0 radical (unpaired) electrons. The Hall–Kier alpha value is -2.34. The van der Waals surface area contributed by atoms with Crippen LogP contribution in [0.5, 0.6) is 5.75 Å². The van der Waals surface area contributed by atoms with Crippen LogP contribution in [0.25, 0.3) is 0 Å². The summed E-state index contributed by atoms with van der Waals surface area (Å²) in [5.74, 6) is -0.0220. The summed E-state index contributed by atoms with van der Waals surface area (Å²) in [4.78, 5) is 25.3. The van der Waals surface area contributed by atoms with Gasteiger partial charge in [0.25, 0.3) is 5.91 Å². The summed E-state index contributed by atoms with van der Waals surface area (Å²) < 4.78 is 11.4. The van der Waals surface area contributed by atoms with E-state index in [2.05, 4.69) is 15.9 Å². The van der Waals surface area contributed by atoms with E-state index in [1.165, 1.54) is 4.90 Å². The molecule has 0 unspecified atom stereocenters. The van der Waals surface area contributed by atoms with E-state index in [1.807, 2.05) is 54.6 Å². The van der Waals surface area contributed by atoms with Gasteiger partial charge in [0.15, 0.2) is 6.61 Å². The van der Waals surface area contributed by atoms with Crippen LogP contribution in [0.1, 0.15) is 12.0 Å². The van der Waals surface area contributed by atoms with E-state index in [0.717, 1.165) is 10.0 Å². The average molecular weight is 406 g/mol. The molecule has 2 aromatic rings. The van der Waals surface area contributed by atoms with E-state index in [9.17, 15) is 9.59 Å². The molecule has 25 heavy (non-hydrogen) atoms. The van der Waals surface area contributed by atoms with Gasteiger partial charge < -0.3 is 14.4 Å². The second-order valence-electron chi connectivity index (χ2n) is 5.41. The van der Waals surface area contributed by atoms with Gasteiger partial charge in [0.1, 0.15) is 5.75 Å². The smallest absolute Gasteiger partial charge is 0.309 e. The minimum absolute atomic E-state index is 0.0934. The van der Waals surface area contributed by atoms with Crippen molar-refractivity contribution < 1.29 is 19.1 Å². The summed E-state index contributed by atoms with van der Waals surface area (Å²) in [7, 11) is 1.67. The van der Waals surface area contributed by atoms with Crippen LogP contribution in [0.15, 0.2) is 59.1 Å². The highest BCUT2D eigenvalue weighted by atomic mass is 79.9. The zero-order chi connectivity index (χ0) is 18.1. The second kappa shape index (κ2) is 9.84. The Balaban J connectivity index is 1.68. The second-order valence-corrected chi connectivity index (χ2v) is 6.27. The van der Waals surface area contributed by atoms with Crippen LogP contribution >= 0.6 is 15.9 Å². The number of ether oxygens (including phenoxy) is 2. The lowest BCUT2D eigenvalue weighted by Gasteiger charge is -2.18. The van der Waals surface area contributed by atoms with Crippen molar-refractivity contribution in [3.05, 3.63) is 64.6 Å². The Kier molecular flexibility index (Phi) is 7.47. The van der Waals surface area contributed by atoms with Crippen molar-refractivity contribution in [3.8, 4) is 5.75 Å². The van der Waals surface area contributed by atoms with Crippen molar-refractivity contribution in [2.75, 3.05) is 20.3 Å². The molecule has 0 aliphatic carbocycles. The first-order valence-electron chi connectivity index (χ1n) is 7.87. The standard InChI is InChI=1S/C19H20BrNO4/c1-21(13-15-7-5-6-10-17(15)20)18(22)14-25-19(23)11-12-24-16-8-3-2-4-9-16/h2-10H,11-14H2,1H3. The summed E-state index contributed by atoms with van der Waals surface area (Å²) >= 11 is 3.45. The van der Waals surface area contributed by atoms with E-state index in [4.69, 9.17) is 9.47 Å². The van der Waals surface area contributed by atoms with E-state index in [0.29, 0.717) is 12.3 Å². The van der Waals surface area contributed by atoms with Crippen LogP contribution in [-0.4, -0.2) is 37.0 Å². The minimum atomic E-state index is -0.460. The Morgan fingerprint density at radius 3 is 2.44 bits per heavy atom. The summed E-state index contributed by atoms with van der Waals surface area (Å²) in [6.07, 6.45) is 0.0934. The predicted octanol–water partition coefficient (Wildman–Crippen LogP) is 3.42. The Morgan fingerprint density at radius 2 is 1.72 bits per heavy atom. The number of para-hydroxylation sites is 1. The third-order valence-corrected chi connectivity index (χ3v) is 4.24. The topological polar surface area (TPSA) is 55.8 Å². The molecule has 6 heteroatoms. The quantitative estimate of drug-likeness (QED) is 0.631. The van der Waals surface area contributed by atoms with Crippen LogP contribution in [0.2, 0.25) is 0 Å². The normalized spacial score (nSPS) is 10.2. The van der Waals surface area contributed by atoms with Crippen molar-refractivity contribution in [3.63, 3.8) is 0 Å². The first-order chi connectivity index (χ1) is 12.1. The van der Waals surface area contributed by atoms with Crippen LogP contribution < -0.4 is 4.74 Å². The fourth-order valence-corrected chi connectivity index (χ4v) is 2.47. The Labute approximate surface area is 155 Å². The zero-order valence-corrected chi connectivity index (χ0v) is 15.6. The maximum atomic E-state index is 12.1. The van der Waals surface area contributed by atoms with Gasteiger partial charge in [0, 0.05) is 18.1 Å². The number of carbonyl (C=O) groups excluding carboxylic acids is 2. The minimum Gasteiger partial charge on any atom is -0.493 e. The number of benzene rings is 2. The van der Waals surface area contributed by atoms with Gasteiger partial charge in [0.2, 0.25) is 0 Å². The molecule has 0 aliphatic rings. The molecule has 0 heterocycles. The molecular weight excluding hydrogens is 386 g/mol. The number of nitrogens with zero attached hydrogens (tertiary/aromatic N) is 1. The molecule has 0 spiro atoms. The monoisotopic (exact) mass is 405 g/mol. The maximum Gasteiger partial charge on any atom is 0.309 e. The first kappa shape index (κ1) is 19.0. The van der Waals surface area contributed by atoms with Crippen molar-refractivity contribution in [1.29, 1.82) is 0 Å². The van der Waals surface area contributed by atoms with Gasteiger partial charge in [0.05, 0.1) is 13.0 Å². The summed E-state index contributed by atoms with van der Waals surface area (Å²) in [5.41, 5.74) is 0.987. The highest BCUT2D eigenvalue weighted by molar-refractivity contribution is 9.10. The van der Waals surface area contributed by atoms with Crippen LogP contribution in [-0.2, 0) is 20.9 Å². The molecule has 132 valence electrons. The van der Waals surface area contributed by atoms with Gasteiger partial charge in [-0.15, -0.1) is 0 Å². The van der Waals surface area contributed by atoms with E-state index in [-0.39, 0.29) is 25.5 Å². The van der Waals surface area contributed by atoms with Gasteiger partial charge in [-0.2, -0.15) is 0 Å². The summed E-state index contributed by atoms with van der Waals surface area (Å²) in [6, 6.07) is 16.9. The lowest BCUT2D eigenvalue weighted by Crippen LogP contribution is -2.31. The van der Waals surface area contributed by atoms with Crippen molar-refractivity contribution in [2.24, 2.45) is 0 Å². The molecule has 0 aliphatic heterocycles. The third-order valence-electron chi connectivity index (χ3n) is 3.47. The highest BCUT2D eigenvalue weighted by Gasteiger charge is 2.13. The Morgan fingerprint density at radius 1 is 1.04 bits per heavy atom. The van der Waals surface area contributed by atoms with Crippen LogP contribution in [0.4, 0.5) is 0 Å². The van der Waals surface area contributed by atoms with Gasteiger partial charge in [-0.25, -0.2) is 0 Å². The van der Waals surface area contributed by atoms with Crippen LogP contribution in [0, 0.1) is 0 Å². The summed E-state index contributed by atoms with van der Waals surface area (Å²) in [5, 5.41) is 0.